The van der Waals surface area contributed by atoms with E-state index >= 15 is 0 Å². The zero-order valence-electron chi connectivity index (χ0n) is 39.6. The molecule has 0 bridgehead atoms. The maximum Gasteiger partial charge on any atom is 0.293 e. The molecule has 2 aromatic heterocycles. The minimum Gasteiger partial charge on any atom is -0.497 e. The molecule has 4 fully saturated rings. The number of rotatable bonds is 15. The van der Waals surface area contributed by atoms with E-state index in [1.807, 2.05) is 24.3 Å². The fourth-order valence-electron chi connectivity index (χ4n) is 11.0. The van der Waals surface area contributed by atoms with Crippen LogP contribution in [0, 0.1) is 28.4 Å². The van der Waals surface area contributed by atoms with Crippen molar-refractivity contribution >= 4 is 44.0 Å². The number of sulfonamides is 1. The maximum atomic E-state index is 14.0. The number of aromatic nitrogens is 2. The summed E-state index contributed by atoms with van der Waals surface area (Å²) in [6.45, 7) is 9.50. The van der Waals surface area contributed by atoms with Crippen molar-refractivity contribution in [3.8, 4) is 17.2 Å². The number of H-pyrrole nitrogens is 1. The molecule has 0 radical (unpaired) electrons. The Labute approximate surface area is 408 Å². The number of fused-ring (bicyclic) bond motifs is 1. The minimum atomic E-state index is -4.56. The van der Waals surface area contributed by atoms with Crippen LogP contribution in [-0.4, -0.2) is 105 Å². The van der Waals surface area contributed by atoms with Gasteiger partial charge in [0.1, 0.15) is 28.6 Å². The average molecular weight is 969 g/mol. The van der Waals surface area contributed by atoms with E-state index in [1.165, 1.54) is 28.8 Å². The number of ether oxygens (including phenoxy) is 3. The van der Waals surface area contributed by atoms with Gasteiger partial charge in [-0.05, 0) is 122 Å². The van der Waals surface area contributed by atoms with Crippen LogP contribution in [0.5, 0.6) is 17.2 Å². The van der Waals surface area contributed by atoms with Crippen LogP contribution in [0.25, 0.3) is 11.0 Å². The van der Waals surface area contributed by atoms with Gasteiger partial charge >= 0.3 is 0 Å². The zero-order chi connectivity index (χ0) is 48.4. The largest absolute Gasteiger partial charge is 0.497 e. The van der Waals surface area contributed by atoms with Crippen LogP contribution in [0.15, 0.2) is 114 Å². The molecule has 1 amide bonds. The minimum absolute atomic E-state index is 0.0200. The van der Waals surface area contributed by atoms with E-state index in [0.29, 0.717) is 43.2 Å². The van der Waals surface area contributed by atoms with Gasteiger partial charge in [-0.15, -0.1) is 0 Å². The van der Waals surface area contributed by atoms with E-state index < -0.39 is 31.4 Å². The lowest BCUT2D eigenvalue weighted by Gasteiger charge is -2.58. The first kappa shape index (κ1) is 47.2. The molecule has 366 valence electrons. The number of nitrogens with zero attached hydrogens (tertiary/aromatic N) is 5. The number of nitro groups is 1. The summed E-state index contributed by atoms with van der Waals surface area (Å²) >= 11 is 0. The summed E-state index contributed by atoms with van der Waals surface area (Å²) in [4.78, 5) is 40.3. The molecule has 4 aliphatic rings. The first-order chi connectivity index (χ1) is 33.9. The fourth-order valence-corrected chi connectivity index (χ4v) is 12.0. The summed E-state index contributed by atoms with van der Waals surface area (Å²) in [5.41, 5.74) is 5.55. The molecule has 1 spiro atoms. The Balaban J connectivity index is 0.828. The highest BCUT2D eigenvalue weighted by atomic mass is 32.2. The van der Waals surface area contributed by atoms with Crippen molar-refractivity contribution in [1.82, 2.24) is 24.5 Å². The molecule has 4 aromatic carbocycles. The lowest BCUT2D eigenvalue weighted by molar-refractivity contribution is -0.384. The quantitative estimate of drug-likeness (QED) is 0.0656. The van der Waals surface area contributed by atoms with Gasteiger partial charge in [0, 0.05) is 101 Å². The van der Waals surface area contributed by atoms with Crippen LogP contribution in [-0.2, 0) is 21.3 Å². The predicted octanol–water partition coefficient (Wildman–Crippen LogP) is 8.85. The number of anilines is 2. The van der Waals surface area contributed by atoms with E-state index in [4.69, 9.17) is 14.2 Å². The zero-order valence-corrected chi connectivity index (χ0v) is 40.5. The SMILES string of the molecule is COc1ccc(CN2CCN(C3CC4(CCN(c5ccc(C(=O)NS(=O)(=O)c6ccc(NCC7CCOCC7)c([N+](=O)[O-])c6)c(Oc6cnc7[nH]ccc7c6)c5)CC4)C3)C(c3ccccc3C)C2)cc1. The number of amides is 1. The molecule has 16 nitrogen and oxygen atoms in total. The number of piperazine rings is 1. The predicted molar refractivity (Wildman–Crippen MR) is 268 cm³/mol. The molecule has 5 heterocycles. The lowest BCUT2D eigenvalue weighted by atomic mass is 9.59. The topological polar surface area (TPSA) is 184 Å². The van der Waals surface area contributed by atoms with Gasteiger partial charge in [0.25, 0.3) is 21.6 Å². The third kappa shape index (κ3) is 10.2. The third-order valence-electron chi connectivity index (χ3n) is 15.1. The molecule has 10 rings (SSSR count). The van der Waals surface area contributed by atoms with Gasteiger partial charge < -0.3 is 29.4 Å². The van der Waals surface area contributed by atoms with Crippen LogP contribution in [0.3, 0.4) is 0 Å². The molecule has 1 unspecified atom stereocenters. The Morgan fingerprint density at radius 3 is 2.49 bits per heavy atom. The number of piperidine rings is 1. The number of hydrogen-bond donors (Lipinski definition) is 3. The number of carbonyl (C=O) groups excluding carboxylic acids is 1. The maximum absolute atomic E-state index is 14.0. The van der Waals surface area contributed by atoms with Crippen molar-refractivity contribution < 1.29 is 32.3 Å². The standard InChI is InChI=1S/C53H60N8O8S/c1-36-5-3-4-6-45(36)49-35-58(34-38-7-10-42(67-2)11-8-38)23-24-60(49)41-30-53(31-41)18-21-59(22-19-53)40-9-13-46(50(28-40)69-43-27-39-15-20-54-51(39)56-33-43)52(62)57-70(65,66)44-12-14-47(48(29-44)61(63)64)55-32-37-16-25-68-26-17-37/h3-15,20,27-29,33,37,41,49,55H,16-19,21-26,30-32,34-35H2,1-2H3,(H,54,56)(H,57,62). The van der Waals surface area contributed by atoms with Crippen LogP contribution < -0.4 is 24.4 Å². The molecule has 3 N–H and O–H groups in total. The van der Waals surface area contributed by atoms with E-state index in [9.17, 15) is 23.3 Å². The van der Waals surface area contributed by atoms with E-state index in [1.54, 1.807) is 37.7 Å². The van der Waals surface area contributed by atoms with Crippen molar-refractivity contribution in [1.29, 1.82) is 0 Å². The van der Waals surface area contributed by atoms with Crippen molar-refractivity contribution in [2.75, 3.05) is 69.8 Å². The van der Waals surface area contributed by atoms with E-state index in [2.05, 4.69) is 78.0 Å². The first-order valence-corrected chi connectivity index (χ1v) is 25.7. The lowest BCUT2D eigenvalue weighted by Crippen LogP contribution is -2.59. The third-order valence-corrected chi connectivity index (χ3v) is 16.4. The Morgan fingerprint density at radius 2 is 1.73 bits per heavy atom. The van der Waals surface area contributed by atoms with Crippen LogP contribution in [0.2, 0.25) is 0 Å². The number of nitrogens with one attached hydrogen (secondary N) is 3. The molecular weight excluding hydrogens is 909 g/mol. The van der Waals surface area contributed by atoms with Gasteiger partial charge in [0.05, 0.1) is 28.7 Å². The second-order valence-corrected chi connectivity index (χ2v) is 21.1. The van der Waals surface area contributed by atoms with Crippen molar-refractivity contribution in [3.63, 3.8) is 0 Å². The molecule has 17 heteroatoms. The summed E-state index contributed by atoms with van der Waals surface area (Å²) in [6.07, 6.45) is 9.31. The van der Waals surface area contributed by atoms with E-state index in [-0.39, 0.29) is 28.3 Å². The molecule has 1 atom stereocenters. The number of hydrogen-bond acceptors (Lipinski definition) is 13. The molecule has 3 aliphatic heterocycles. The second kappa shape index (κ2) is 20.1. The Hall–Kier alpha value is -6.53. The number of aryl methyl sites for hydroxylation is 1. The smallest absolute Gasteiger partial charge is 0.293 e. The number of aromatic amines is 1. The van der Waals surface area contributed by atoms with Crippen LogP contribution in [0.4, 0.5) is 17.1 Å². The second-order valence-electron chi connectivity index (χ2n) is 19.4. The summed E-state index contributed by atoms with van der Waals surface area (Å²) in [5.74, 6) is 0.719. The number of benzene rings is 4. The van der Waals surface area contributed by atoms with E-state index in [0.717, 1.165) is 101 Å². The highest BCUT2D eigenvalue weighted by Gasteiger charge is 2.50. The molecule has 1 saturated carbocycles. The summed E-state index contributed by atoms with van der Waals surface area (Å²) in [7, 11) is -2.86. The Bertz CT molecular complexity index is 2960. The van der Waals surface area contributed by atoms with Crippen LogP contribution in [0.1, 0.15) is 71.6 Å². The summed E-state index contributed by atoms with van der Waals surface area (Å²) in [6, 6.07) is 30.5. The molecule has 6 aromatic rings. The average Bonchev–Trinajstić information content (AvgIpc) is 3.84. The monoisotopic (exact) mass is 968 g/mol. The molecule has 70 heavy (non-hydrogen) atoms. The van der Waals surface area contributed by atoms with Crippen molar-refractivity contribution in [2.24, 2.45) is 11.3 Å². The fraction of sp³-hybridized carbons (Fsp3) is 0.396. The molecule has 1 aliphatic carbocycles. The number of carbonyl (C=O) groups is 1. The highest BCUT2D eigenvalue weighted by Crippen LogP contribution is 2.53. The molecular formula is C53H60N8O8S. The van der Waals surface area contributed by atoms with Gasteiger partial charge in [0.15, 0.2) is 0 Å². The number of methoxy groups -OCH3 is 1. The van der Waals surface area contributed by atoms with Gasteiger partial charge in [-0.25, -0.2) is 18.1 Å². The summed E-state index contributed by atoms with van der Waals surface area (Å²) < 4.78 is 46.9. The highest BCUT2D eigenvalue weighted by molar-refractivity contribution is 7.90. The Kier molecular flexibility index (Phi) is 13.5. The number of pyridine rings is 1. The van der Waals surface area contributed by atoms with Gasteiger partial charge in [-0.1, -0.05) is 36.4 Å². The first-order valence-electron chi connectivity index (χ1n) is 24.3. The Morgan fingerprint density at radius 1 is 0.943 bits per heavy atom. The van der Waals surface area contributed by atoms with Gasteiger partial charge in [0.2, 0.25) is 0 Å². The van der Waals surface area contributed by atoms with Crippen molar-refractivity contribution in [3.05, 3.63) is 142 Å². The van der Waals surface area contributed by atoms with Crippen molar-refractivity contribution in [2.45, 2.75) is 69.0 Å². The van der Waals surface area contributed by atoms with Gasteiger partial charge in [-0.3, -0.25) is 24.7 Å². The summed E-state index contributed by atoms with van der Waals surface area (Å²) in [5, 5.41) is 16.1. The normalized spacial score (nSPS) is 19.2. The molecule has 3 saturated heterocycles. The number of nitro benzene ring substituents is 1. The van der Waals surface area contributed by atoms with Crippen LogP contribution >= 0.6 is 0 Å². The van der Waals surface area contributed by atoms with Gasteiger partial charge in [-0.2, -0.15) is 0 Å².